The van der Waals surface area contributed by atoms with Gasteiger partial charge in [0.2, 0.25) is 0 Å². The van der Waals surface area contributed by atoms with Gasteiger partial charge in [-0.15, -0.1) is 11.8 Å². The molecule has 0 heterocycles. The zero-order chi connectivity index (χ0) is 15.9. The Morgan fingerprint density at radius 3 is 2.38 bits per heavy atom. The number of hydrogen-bond donors (Lipinski definition) is 0. The minimum atomic E-state index is -4.94. The third kappa shape index (κ3) is 6.03. The molecular formula is C14H13F3O3S. The average Bonchev–Trinajstić information content (AvgIpc) is 2.43. The van der Waals surface area contributed by atoms with Crippen molar-refractivity contribution in [1.82, 2.24) is 0 Å². The summed E-state index contributed by atoms with van der Waals surface area (Å²) in [5.41, 5.74) is 0.435. The van der Waals surface area contributed by atoms with Crippen LogP contribution in [0.1, 0.15) is 12.5 Å². The molecule has 21 heavy (non-hydrogen) atoms. The number of rotatable bonds is 6. The lowest BCUT2D eigenvalue weighted by atomic mass is 10.2. The smallest absolute Gasteiger partial charge is 0.454 e. The molecule has 0 aliphatic carbocycles. The van der Waals surface area contributed by atoms with E-state index in [1.165, 1.54) is 0 Å². The molecule has 0 spiro atoms. The Morgan fingerprint density at radius 2 is 1.86 bits per heavy atom. The van der Waals surface area contributed by atoms with Crippen LogP contribution in [0.2, 0.25) is 0 Å². The molecular weight excluding hydrogens is 305 g/mol. The maximum atomic E-state index is 12.3. The van der Waals surface area contributed by atoms with Gasteiger partial charge in [0.25, 0.3) is 5.78 Å². The van der Waals surface area contributed by atoms with E-state index >= 15 is 0 Å². The highest BCUT2D eigenvalue weighted by molar-refractivity contribution is 8.08. The van der Waals surface area contributed by atoms with Gasteiger partial charge in [0.05, 0.1) is 12.4 Å². The van der Waals surface area contributed by atoms with Crippen LogP contribution < -0.4 is 0 Å². The third-order valence-electron chi connectivity index (χ3n) is 2.25. The molecule has 0 N–H and O–H groups in total. The van der Waals surface area contributed by atoms with Crippen molar-refractivity contribution in [1.29, 1.82) is 0 Å². The summed E-state index contributed by atoms with van der Waals surface area (Å²) in [5.74, 6) is -2.68. The van der Waals surface area contributed by atoms with Gasteiger partial charge in [-0.25, -0.2) is 0 Å². The van der Waals surface area contributed by atoms with Crippen molar-refractivity contribution < 1.29 is 27.5 Å². The topological polar surface area (TPSA) is 43.4 Å². The molecule has 0 aliphatic heterocycles. The second-order valence-electron chi connectivity index (χ2n) is 3.83. The summed E-state index contributed by atoms with van der Waals surface area (Å²) in [6, 6.07) is 8.09. The number of esters is 1. The molecule has 0 amide bonds. The van der Waals surface area contributed by atoms with E-state index in [4.69, 9.17) is 4.74 Å². The largest absolute Gasteiger partial charge is 0.465 e. The summed E-state index contributed by atoms with van der Waals surface area (Å²) in [6.07, 6.45) is -4.44. The zero-order valence-electron chi connectivity index (χ0n) is 11.1. The first-order chi connectivity index (χ1) is 9.84. The number of ether oxygens (including phenoxy) is 1. The zero-order valence-corrected chi connectivity index (χ0v) is 12.0. The molecule has 0 aromatic heterocycles. The number of allylic oxidation sites excluding steroid dienone is 1. The van der Waals surface area contributed by atoms with E-state index in [2.05, 4.69) is 0 Å². The van der Waals surface area contributed by atoms with Crippen LogP contribution in [-0.2, 0) is 14.3 Å². The highest BCUT2D eigenvalue weighted by Crippen LogP contribution is 2.29. The molecule has 0 fully saturated rings. The maximum Gasteiger partial charge on any atom is 0.454 e. The van der Waals surface area contributed by atoms with Gasteiger partial charge in [0.1, 0.15) is 0 Å². The van der Waals surface area contributed by atoms with E-state index in [1.807, 2.05) is 0 Å². The Kier molecular flexibility index (Phi) is 6.48. The summed E-state index contributed by atoms with van der Waals surface area (Å²) in [4.78, 5) is 22.4. The molecule has 0 saturated heterocycles. The minimum Gasteiger partial charge on any atom is -0.465 e. The minimum absolute atomic E-state index is 0.0750. The molecule has 3 nitrogen and oxygen atoms in total. The van der Waals surface area contributed by atoms with Crippen LogP contribution in [0.3, 0.4) is 0 Å². The van der Waals surface area contributed by atoms with Crippen LogP contribution in [0.15, 0.2) is 36.4 Å². The first kappa shape index (κ1) is 17.3. The van der Waals surface area contributed by atoms with E-state index in [9.17, 15) is 22.8 Å². The number of alkyl halides is 3. The lowest BCUT2D eigenvalue weighted by Crippen LogP contribution is -2.20. The van der Waals surface area contributed by atoms with Crippen molar-refractivity contribution in [3.05, 3.63) is 42.0 Å². The predicted octanol–water partition coefficient (Wildman–Crippen LogP) is 3.46. The standard InChI is InChI=1S/C14H13F3O3S/c1-2-20-13(19)9-21-11(8-12(18)14(15,16)17)10-6-4-3-5-7-10/h3-8H,2,9H2,1H3. The quantitative estimate of drug-likeness (QED) is 0.595. The van der Waals surface area contributed by atoms with Crippen molar-refractivity contribution in [3.63, 3.8) is 0 Å². The van der Waals surface area contributed by atoms with Gasteiger partial charge >= 0.3 is 12.1 Å². The molecule has 1 aromatic carbocycles. The van der Waals surface area contributed by atoms with Gasteiger partial charge in [0.15, 0.2) is 0 Å². The SMILES string of the molecule is CCOC(=O)CSC(=CC(=O)C(F)(F)F)c1ccccc1. The predicted molar refractivity (Wildman–Crippen MR) is 74.6 cm³/mol. The highest BCUT2D eigenvalue weighted by Gasteiger charge is 2.36. The second-order valence-corrected chi connectivity index (χ2v) is 4.85. The fourth-order valence-corrected chi connectivity index (χ4v) is 2.20. The van der Waals surface area contributed by atoms with Crippen LogP contribution in [0.4, 0.5) is 13.2 Å². The van der Waals surface area contributed by atoms with Crippen LogP contribution in [0.5, 0.6) is 0 Å². The van der Waals surface area contributed by atoms with Crippen molar-refractivity contribution in [3.8, 4) is 0 Å². The van der Waals surface area contributed by atoms with Gasteiger partial charge in [0, 0.05) is 11.0 Å². The molecule has 1 rings (SSSR count). The van der Waals surface area contributed by atoms with Crippen LogP contribution in [-0.4, -0.2) is 30.3 Å². The molecule has 0 saturated carbocycles. The van der Waals surface area contributed by atoms with E-state index < -0.39 is 17.9 Å². The lowest BCUT2D eigenvalue weighted by molar-refractivity contribution is -0.165. The number of benzene rings is 1. The summed E-state index contributed by atoms with van der Waals surface area (Å²) in [7, 11) is 0. The van der Waals surface area contributed by atoms with Crippen molar-refractivity contribution in [2.45, 2.75) is 13.1 Å². The van der Waals surface area contributed by atoms with E-state index in [0.717, 1.165) is 11.8 Å². The Morgan fingerprint density at radius 1 is 1.24 bits per heavy atom. The Balaban J connectivity index is 2.94. The lowest BCUT2D eigenvalue weighted by Gasteiger charge is -2.08. The van der Waals surface area contributed by atoms with Crippen molar-refractivity contribution in [2.75, 3.05) is 12.4 Å². The van der Waals surface area contributed by atoms with Gasteiger partial charge in [-0.2, -0.15) is 13.2 Å². The Bertz CT molecular complexity index is 524. The fraction of sp³-hybridized carbons (Fsp3) is 0.286. The normalized spacial score (nSPS) is 12.1. The highest BCUT2D eigenvalue weighted by atomic mass is 32.2. The summed E-state index contributed by atoms with van der Waals surface area (Å²) in [5, 5.41) is 0. The summed E-state index contributed by atoms with van der Waals surface area (Å²) in [6.45, 7) is 1.81. The molecule has 0 atom stereocenters. The van der Waals surface area contributed by atoms with Gasteiger partial charge in [-0.1, -0.05) is 30.3 Å². The summed E-state index contributed by atoms with van der Waals surface area (Å²) >= 11 is 0.833. The monoisotopic (exact) mass is 318 g/mol. The first-order valence-electron chi connectivity index (χ1n) is 6.01. The number of halogens is 3. The number of carbonyl (C=O) groups excluding carboxylic acids is 2. The Hall–Kier alpha value is -1.76. The van der Waals surface area contributed by atoms with Crippen LogP contribution in [0.25, 0.3) is 4.91 Å². The van der Waals surface area contributed by atoms with Gasteiger partial charge in [-0.05, 0) is 12.5 Å². The van der Waals surface area contributed by atoms with Crippen LogP contribution in [0, 0.1) is 0 Å². The molecule has 7 heteroatoms. The van der Waals surface area contributed by atoms with Crippen molar-refractivity contribution in [2.24, 2.45) is 0 Å². The van der Waals surface area contributed by atoms with Gasteiger partial charge in [-0.3, -0.25) is 9.59 Å². The molecule has 0 unspecified atom stereocenters. The van der Waals surface area contributed by atoms with Gasteiger partial charge < -0.3 is 4.74 Å². The maximum absolute atomic E-state index is 12.3. The number of hydrogen-bond acceptors (Lipinski definition) is 4. The number of thioether (sulfide) groups is 1. The third-order valence-corrected chi connectivity index (χ3v) is 3.30. The molecule has 114 valence electrons. The fourth-order valence-electron chi connectivity index (χ4n) is 1.35. The molecule has 0 aliphatic rings. The Labute approximate surface area is 124 Å². The van der Waals surface area contributed by atoms with E-state index in [-0.39, 0.29) is 17.3 Å². The summed E-state index contributed by atoms with van der Waals surface area (Å²) < 4.78 is 41.8. The molecule has 0 bridgehead atoms. The number of ketones is 1. The average molecular weight is 318 g/mol. The molecule has 0 radical (unpaired) electrons. The van der Waals surface area contributed by atoms with E-state index in [1.54, 1.807) is 37.3 Å². The van der Waals surface area contributed by atoms with Crippen LogP contribution >= 0.6 is 11.8 Å². The molecule has 1 aromatic rings. The number of carbonyl (C=O) groups is 2. The van der Waals surface area contributed by atoms with E-state index in [0.29, 0.717) is 11.6 Å². The first-order valence-corrected chi connectivity index (χ1v) is 7.00. The van der Waals surface area contributed by atoms with Crippen molar-refractivity contribution >= 4 is 28.4 Å². The second kappa shape index (κ2) is 7.87.